The number of thiophene rings is 1. The van der Waals surface area contributed by atoms with Crippen LogP contribution in [0.25, 0.3) is 0 Å². The predicted molar refractivity (Wildman–Crippen MR) is 85.4 cm³/mol. The first-order chi connectivity index (χ1) is 9.11. The standard InChI is InChI=1S/C15H17Cl2NS/c1-3-14(12-7-6-11(16)9-13(12)17)18-10(2)15-5-4-8-19-15/h4-10,14,18H,3H2,1-2H3/t10-,14?/m1/s1. The molecule has 2 aromatic rings. The van der Waals surface area contributed by atoms with Gasteiger partial charge in [0.2, 0.25) is 0 Å². The van der Waals surface area contributed by atoms with Gasteiger partial charge in [0.25, 0.3) is 0 Å². The van der Waals surface area contributed by atoms with Crippen molar-refractivity contribution in [3.63, 3.8) is 0 Å². The largest absolute Gasteiger partial charge is 0.303 e. The maximum absolute atomic E-state index is 6.29. The lowest BCUT2D eigenvalue weighted by atomic mass is 10.0. The first kappa shape index (κ1) is 14.9. The van der Waals surface area contributed by atoms with Gasteiger partial charge in [0.1, 0.15) is 0 Å². The summed E-state index contributed by atoms with van der Waals surface area (Å²) in [5.74, 6) is 0. The Kier molecular flexibility index (Phi) is 5.28. The lowest BCUT2D eigenvalue weighted by Crippen LogP contribution is -2.23. The van der Waals surface area contributed by atoms with E-state index in [4.69, 9.17) is 23.2 Å². The summed E-state index contributed by atoms with van der Waals surface area (Å²) < 4.78 is 0. The Morgan fingerprint density at radius 2 is 2.05 bits per heavy atom. The molecule has 0 aliphatic carbocycles. The van der Waals surface area contributed by atoms with Gasteiger partial charge in [0.15, 0.2) is 0 Å². The van der Waals surface area contributed by atoms with Crippen molar-refractivity contribution in [3.05, 3.63) is 56.2 Å². The lowest BCUT2D eigenvalue weighted by molar-refractivity contribution is 0.461. The molecule has 1 heterocycles. The molecule has 0 fully saturated rings. The summed E-state index contributed by atoms with van der Waals surface area (Å²) in [6.45, 7) is 4.34. The summed E-state index contributed by atoms with van der Waals surface area (Å²) in [6, 6.07) is 10.5. The molecule has 2 rings (SSSR count). The van der Waals surface area contributed by atoms with E-state index in [2.05, 4.69) is 36.7 Å². The molecule has 4 heteroatoms. The third-order valence-electron chi connectivity index (χ3n) is 3.17. The predicted octanol–water partition coefficient (Wildman–Crippen LogP) is 5.86. The minimum absolute atomic E-state index is 0.238. The topological polar surface area (TPSA) is 12.0 Å². The summed E-state index contributed by atoms with van der Waals surface area (Å²) >= 11 is 14.0. The normalized spacial score (nSPS) is 14.3. The van der Waals surface area contributed by atoms with Crippen molar-refractivity contribution in [1.82, 2.24) is 5.32 Å². The SMILES string of the molecule is CCC(N[C@H](C)c1cccs1)c1ccc(Cl)cc1Cl. The molecule has 0 aliphatic rings. The number of rotatable bonds is 5. The molecule has 1 nitrogen and oxygen atoms in total. The molecule has 19 heavy (non-hydrogen) atoms. The van der Waals surface area contributed by atoms with E-state index in [0.29, 0.717) is 11.1 Å². The second-order valence-corrected chi connectivity index (χ2v) is 6.35. The third kappa shape index (κ3) is 3.73. The highest BCUT2D eigenvalue weighted by molar-refractivity contribution is 7.10. The second kappa shape index (κ2) is 6.76. The molecule has 1 N–H and O–H groups in total. The number of hydrogen-bond donors (Lipinski definition) is 1. The van der Waals surface area contributed by atoms with Crippen LogP contribution in [0.15, 0.2) is 35.7 Å². The van der Waals surface area contributed by atoms with E-state index in [1.54, 1.807) is 17.4 Å². The van der Waals surface area contributed by atoms with Gasteiger partial charge in [-0.1, -0.05) is 42.3 Å². The highest BCUT2D eigenvalue weighted by Gasteiger charge is 2.16. The Balaban J connectivity index is 2.16. The van der Waals surface area contributed by atoms with Gasteiger partial charge in [-0.3, -0.25) is 0 Å². The first-order valence-electron chi connectivity index (χ1n) is 6.36. The molecule has 0 spiro atoms. The van der Waals surface area contributed by atoms with Gasteiger partial charge in [-0.2, -0.15) is 0 Å². The van der Waals surface area contributed by atoms with Crippen LogP contribution in [0, 0.1) is 0 Å². The van der Waals surface area contributed by atoms with Crippen LogP contribution in [-0.2, 0) is 0 Å². The third-order valence-corrected chi connectivity index (χ3v) is 4.78. The minimum Gasteiger partial charge on any atom is -0.303 e. The zero-order valence-corrected chi connectivity index (χ0v) is 13.3. The second-order valence-electron chi connectivity index (χ2n) is 4.53. The van der Waals surface area contributed by atoms with Gasteiger partial charge in [0.05, 0.1) is 0 Å². The van der Waals surface area contributed by atoms with Crippen molar-refractivity contribution >= 4 is 34.5 Å². The van der Waals surface area contributed by atoms with Crippen LogP contribution in [0.1, 0.15) is 42.8 Å². The van der Waals surface area contributed by atoms with Gasteiger partial charge in [-0.25, -0.2) is 0 Å². The Morgan fingerprint density at radius 3 is 2.63 bits per heavy atom. The molecule has 0 amide bonds. The van der Waals surface area contributed by atoms with E-state index >= 15 is 0 Å². The van der Waals surface area contributed by atoms with Crippen LogP contribution in [0.5, 0.6) is 0 Å². The first-order valence-corrected chi connectivity index (χ1v) is 7.99. The maximum atomic E-state index is 6.29. The molecule has 0 saturated heterocycles. The Morgan fingerprint density at radius 1 is 1.26 bits per heavy atom. The van der Waals surface area contributed by atoms with E-state index in [9.17, 15) is 0 Å². The van der Waals surface area contributed by atoms with Crippen LogP contribution in [-0.4, -0.2) is 0 Å². The monoisotopic (exact) mass is 313 g/mol. The zero-order chi connectivity index (χ0) is 13.8. The average Bonchev–Trinajstić information content (AvgIpc) is 2.90. The van der Waals surface area contributed by atoms with Crippen LogP contribution >= 0.6 is 34.5 Å². The summed E-state index contributed by atoms with van der Waals surface area (Å²) in [5, 5.41) is 7.13. The summed E-state index contributed by atoms with van der Waals surface area (Å²) in [6.07, 6.45) is 0.983. The Hall–Kier alpha value is -0.540. The fraction of sp³-hybridized carbons (Fsp3) is 0.333. The molecule has 0 saturated carbocycles. The van der Waals surface area contributed by atoms with Crippen molar-refractivity contribution in [1.29, 1.82) is 0 Å². The molecule has 2 atom stereocenters. The Bertz CT molecular complexity index is 525. The van der Waals surface area contributed by atoms with Crippen molar-refractivity contribution in [2.75, 3.05) is 0 Å². The maximum Gasteiger partial charge on any atom is 0.0468 e. The van der Waals surface area contributed by atoms with E-state index in [1.807, 2.05) is 12.1 Å². The number of hydrogen-bond acceptors (Lipinski definition) is 2. The average molecular weight is 314 g/mol. The summed E-state index contributed by atoms with van der Waals surface area (Å²) in [5.41, 5.74) is 1.11. The van der Waals surface area contributed by atoms with Gasteiger partial charge in [-0.05, 0) is 42.5 Å². The number of benzene rings is 1. The molecule has 0 aliphatic heterocycles. The highest BCUT2D eigenvalue weighted by atomic mass is 35.5. The van der Waals surface area contributed by atoms with Gasteiger partial charge < -0.3 is 5.32 Å². The summed E-state index contributed by atoms with van der Waals surface area (Å²) in [4.78, 5) is 1.34. The molecule has 0 bridgehead atoms. The molecular formula is C15H17Cl2NS. The van der Waals surface area contributed by atoms with Crippen molar-refractivity contribution in [2.45, 2.75) is 32.4 Å². The molecule has 102 valence electrons. The molecule has 1 aromatic heterocycles. The highest BCUT2D eigenvalue weighted by Crippen LogP contribution is 2.30. The van der Waals surface area contributed by atoms with E-state index in [-0.39, 0.29) is 6.04 Å². The van der Waals surface area contributed by atoms with E-state index in [1.165, 1.54) is 4.88 Å². The minimum atomic E-state index is 0.238. The number of nitrogens with one attached hydrogen (secondary N) is 1. The summed E-state index contributed by atoms with van der Waals surface area (Å²) in [7, 11) is 0. The molecular weight excluding hydrogens is 297 g/mol. The molecule has 0 radical (unpaired) electrons. The van der Waals surface area contributed by atoms with Crippen molar-refractivity contribution in [2.24, 2.45) is 0 Å². The number of halogens is 2. The van der Waals surface area contributed by atoms with Crippen LogP contribution in [0.4, 0.5) is 0 Å². The van der Waals surface area contributed by atoms with Gasteiger partial charge in [-0.15, -0.1) is 11.3 Å². The van der Waals surface area contributed by atoms with Gasteiger partial charge >= 0.3 is 0 Å². The smallest absolute Gasteiger partial charge is 0.0468 e. The van der Waals surface area contributed by atoms with E-state index in [0.717, 1.165) is 17.0 Å². The fourth-order valence-corrected chi connectivity index (χ4v) is 3.42. The van der Waals surface area contributed by atoms with E-state index < -0.39 is 0 Å². The van der Waals surface area contributed by atoms with Crippen molar-refractivity contribution < 1.29 is 0 Å². The zero-order valence-electron chi connectivity index (χ0n) is 11.0. The Labute approximate surface area is 128 Å². The fourth-order valence-electron chi connectivity index (χ4n) is 2.13. The van der Waals surface area contributed by atoms with Crippen LogP contribution in [0.2, 0.25) is 10.0 Å². The van der Waals surface area contributed by atoms with Crippen LogP contribution < -0.4 is 5.32 Å². The van der Waals surface area contributed by atoms with Crippen molar-refractivity contribution in [3.8, 4) is 0 Å². The quantitative estimate of drug-likeness (QED) is 0.729. The van der Waals surface area contributed by atoms with Crippen LogP contribution in [0.3, 0.4) is 0 Å². The molecule has 1 aromatic carbocycles. The lowest BCUT2D eigenvalue weighted by Gasteiger charge is -2.23. The molecule has 1 unspecified atom stereocenters. The van der Waals surface area contributed by atoms with Gasteiger partial charge in [0, 0.05) is 27.0 Å².